The summed E-state index contributed by atoms with van der Waals surface area (Å²) in [4.78, 5) is 0. The lowest BCUT2D eigenvalue weighted by atomic mass is 9.55. The molecule has 5 fully saturated rings. The molecule has 0 aromatic rings. The van der Waals surface area contributed by atoms with Gasteiger partial charge < -0.3 is 0 Å². The van der Waals surface area contributed by atoms with Gasteiger partial charge in [0, 0.05) is 0 Å². The van der Waals surface area contributed by atoms with Crippen molar-refractivity contribution in [1.82, 2.24) is 0 Å². The van der Waals surface area contributed by atoms with Crippen LogP contribution in [0.15, 0.2) is 12.2 Å². The zero-order valence-electron chi connectivity index (χ0n) is 31.3. The largest absolute Gasteiger partial charge is 0.103 e. The smallest absolute Gasteiger partial charge is 0.0178 e. The van der Waals surface area contributed by atoms with E-state index in [2.05, 4.69) is 68.6 Å². The molecule has 0 N–H and O–H groups in total. The van der Waals surface area contributed by atoms with Gasteiger partial charge in [0.2, 0.25) is 0 Å². The van der Waals surface area contributed by atoms with Crippen molar-refractivity contribution in [2.24, 2.45) is 76.4 Å². The van der Waals surface area contributed by atoms with E-state index in [0.29, 0.717) is 5.41 Å². The molecule has 254 valence electrons. The third-order valence-corrected chi connectivity index (χ3v) is 19.7. The van der Waals surface area contributed by atoms with Crippen molar-refractivity contribution in [3.63, 3.8) is 0 Å². The first kappa shape index (κ1) is 35.5. The molecule has 0 amide bonds. The number of rotatable bonds is 9. The summed E-state index contributed by atoms with van der Waals surface area (Å²) in [5.41, 5.74) is 4.05. The Hall–Kier alpha value is 0.170. The molecular weight excluding hydrogens is 547 g/mol. The van der Waals surface area contributed by atoms with E-state index in [9.17, 15) is 0 Å². The molecular formula is C43H77P. The van der Waals surface area contributed by atoms with E-state index in [1.165, 1.54) is 56.9 Å². The van der Waals surface area contributed by atoms with Crippen LogP contribution < -0.4 is 0 Å². The molecule has 5 rings (SSSR count). The predicted octanol–water partition coefficient (Wildman–Crippen LogP) is 13.6. The van der Waals surface area contributed by atoms with Crippen molar-refractivity contribution in [2.75, 3.05) is 6.66 Å². The summed E-state index contributed by atoms with van der Waals surface area (Å²) in [6.07, 6.45) is 25.7. The summed E-state index contributed by atoms with van der Waals surface area (Å²) in [6.45, 7) is 27.9. The number of hydrogen-bond donors (Lipinski definition) is 0. The Morgan fingerprint density at radius 3 is 2.23 bits per heavy atom. The van der Waals surface area contributed by atoms with Gasteiger partial charge in [-0.15, -0.1) is 7.92 Å². The molecule has 0 spiro atoms. The second-order valence-corrected chi connectivity index (χ2v) is 21.6. The van der Waals surface area contributed by atoms with E-state index in [1.54, 1.807) is 57.8 Å². The molecule has 0 bridgehead atoms. The van der Waals surface area contributed by atoms with E-state index in [1.807, 2.05) is 0 Å². The van der Waals surface area contributed by atoms with Gasteiger partial charge in [0.05, 0.1) is 0 Å². The fourth-order valence-electron chi connectivity index (χ4n) is 12.7. The molecule has 4 aliphatic carbocycles. The Bertz CT molecular complexity index is 910. The lowest BCUT2D eigenvalue weighted by molar-refractivity contribution is 0.00205. The number of allylic oxidation sites excluding steroid dienone is 1. The molecule has 5 aliphatic rings. The van der Waals surface area contributed by atoms with Crippen LogP contribution in [0, 0.1) is 76.4 Å². The monoisotopic (exact) mass is 625 g/mol. The number of fused-ring (bicyclic) bond motifs is 1. The van der Waals surface area contributed by atoms with Crippen molar-refractivity contribution >= 4 is 7.92 Å². The van der Waals surface area contributed by atoms with Crippen LogP contribution >= 0.6 is 7.92 Å². The Morgan fingerprint density at radius 1 is 0.841 bits per heavy atom. The van der Waals surface area contributed by atoms with Gasteiger partial charge in [0.25, 0.3) is 0 Å². The highest BCUT2D eigenvalue weighted by atomic mass is 31.1. The average molecular weight is 625 g/mol. The van der Waals surface area contributed by atoms with Gasteiger partial charge >= 0.3 is 0 Å². The Labute approximate surface area is 278 Å². The Morgan fingerprint density at radius 2 is 1.57 bits per heavy atom. The molecule has 0 aromatic carbocycles. The number of hydrogen-bond acceptors (Lipinski definition) is 0. The van der Waals surface area contributed by atoms with Crippen LogP contribution in [0.2, 0.25) is 0 Å². The Kier molecular flexibility index (Phi) is 12.2. The van der Waals surface area contributed by atoms with Crippen LogP contribution in [0.1, 0.15) is 165 Å². The van der Waals surface area contributed by atoms with Crippen LogP contribution in [0.4, 0.5) is 0 Å². The van der Waals surface area contributed by atoms with Gasteiger partial charge in [-0.3, -0.25) is 0 Å². The minimum atomic E-state index is 0.209. The lowest BCUT2D eigenvalue weighted by Gasteiger charge is -2.50. The fourth-order valence-corrected chi connectivity index (χ4v) is 16.3. The van der Waals surface area contributed by atoms with E-state index in [0.717, 1.165) is 82.3 Å². The van der Waals surface area contributed by atoms with Crippen LogP contribution in [-0.4, -0.2) is 18.0 Å². The summed E-state index contributed by atoms with van der Waals surface area (Å²) in [5.74, 6) is 11.3. The molecule has 0 aromatic heterocycles. The average Bonchev–Trinajstić information content (AvgIpc) is 3.49. The summed E-state index contributed by atoms with van der Waals surface area (Å²) in [6, 6.07) is 0. The second-order valence-electron chi connectivity index (χ2n) is 19.0. The maximum absolute atomic E-state index is 4.49. The van der Waals surface area contributed by atoms with Crippen LogP contribution in [-0.2, 0) is 0 Å². The van der Waals surface area contributed by atoms with E-state index >= 15 is 0 Å². The van der Waals surface area contributed by atoms with Gasteiger partial charge in [-0.1, -0.05) is 99.1 Å². The van der Waals surface area contributed by atoms with Crippen LogP contribution in [0.25, 0.3) is 0 Å². The summed E-state index contributed by atoms with van der Waals surface area (Å²) >= 11 is 0. The first-order valence-corrected chi connectivity index (χ1v) is 22.2. The third kappa shape index (κ3) is 7.57. The highest BCUT2D eigenvalue weighted by molar-refractivity contribution is 7.58. The summed E-state index contributed by atoms with van der Waals surface area (Å²) in [5, 5.41) is 0. The van der Waals surface area contributed by atoms with Crippen molar-refractivity contribution in [3.05, 3.63) is 12.2 Å². The van der Waals surface area contributed by atoms with Crippen LogP contribution in [0.5, 0.6) is 0 Å². The normalized spacial score (nSPS) is 45.2. The van der Waals surface area contributed by atoms with Gasteiger partial charge in [0.1, 0.15) is 0 Å². The van der Waals surface area contributed by atoms with Crippen LogP contribution in [0.3, 0.4) is 0 Å². The zero-order chi connectivity index (χ0) is 31.8. The third-order valence-electron chi connectivity index (χ3n) is 16.2. The Balaban J connectivity index is 1.33. The zero-order valence-corrected chi connectivity index (χ0v) is 32.2. The topological polar surface area (TPSA) is 0 Å². The van der Waals surface area contributed by atoms with E-state index in [-0.39, 0.29) is 7.92 Å². The molecule has 13 unspecified atom stereocenters. The molecule has 1 heterocycles. The molecule has 0 nitrogen and oxygen atoms in total. The first-order chi connectivity index (χ1) is 20.9. The highest BCUT2D eigenvalue weighted by Crippen LogP contribution is 2.65. The molecule has 4 saturated carbocycles. The van der Waals surface area contributed by atoms with Crippen molar-refractivity contribution < 1.29 is 0 Å². The lowest BCUT2D eigenvalue weighted by Crippen LogP contribution is -2.42. The highest BCUT2D eigenvalue weighted by Gasteiger charge is 2.51. The minimum absolute atomic E-state index is 0.209. The van der Waals surface area contributed by atoms with Crippen molar-refractivity contribution in [1.29, 1.82) is 0 Å². The minimum Gasteiger partial charge on any atom is -0.103 e. The summed E-state index contributed by atoms with van der Waals surface area (Å²) in [7, 11) is 0.209. The molecule has 13 atom stereocenters. The van der Waals surface area contributed by atoms with Crippen molar-refractivity contribution in [3.8, 4) is 0 Å². The first-order valence-electron chi connectivity index (χ1n) is 20.3. The standard InChI is InChI=1S/C43H77P/c1-11-32-24-36(29(4)5)23-30(6)43(8,9)40(26-32)37-20-17-34(39(37)25-33-15-13-12-14-16-33)18-21-41-31(7)38-27-35(28(2)3)19-22-42(38)44(41)10/h28,30-42H,4,11-27H2,1-3,5-10H3. The molecule has 0 radical (unpaired) electrons. The maximum Gasteiger partial charge on any atom is -0.0178 e. The fraction of sp³-hybridized carbons (Fsp3) is 0.953. The molecule has 1 aliphatic heterocycles. The maximum atomic E-state index is 4.49. The SMILES string of the molecule is C=C(C)C1CC(CC)CC(C2CCC(CCC3C(C)C4CC(C(C)C)CCC4P3C)C2CC2CCCCC2)C(C)(C)C(C)C1. The van der Waals surface area contributed by atoms with Crippen molar-refractivity contribution in [2.45, 2.75) is 176 Å². The quantitative estimate of drug-likeness (QED) is 0.177. The molecule has 1 saturated heterocycles. The van der Waals surface area contributed by atoms with Gasteiger partial charge in [-0.25, -0.2) is 0 Å². The molecule has 1 heteroatoms. The van der Waals surface area contributed by atoms with E-state index < -0.39 is 0 Å². The van der Waals surface area contributed by atoms with Gasteiger partial charge in [-0.2, -0.15) is 0 Å². The summed E-state index contributed by atoms with van der Waals surface area (Å²) < 4.78 is 0. The van der Waals surface area contributed by atoms with Gasteiger partial charge in [-0.05, 0) is 172 Å². The van der Waals surface area contributed by atoms with Gasteiger partial charge in [0.15, 0.2) is 0 Å². The second kappa shape index (κ2) is 15.2. The van der Waals surface area contributed by atoms with E-state index in [4.69, 9.17) is 0 Å². The predicted molar refractivity (Wildman–Crippen MR) is 198 cm³/mol. The molecule has 44 heavy (non-hydrogen) atoms.